The summed E-state index contributed by atoms with van der Waals surface area (Å²) in [6.45, 7) is 9.11. The number of nitrogens with one attached hydrogen (secondary N) is 1. The molecule has 0 aliphatic carbocycles. The van der Waals surface area contributed by atoms with E-state index in [1.807, 2.05) is 7.05 Å². The number of carboxylic acid groups (broad SMARTS) is 1. The Kier molecular flexibility index (Phi) is 5.08. The van der Waals surface area contributed by atoms with Crippen LogP contribution in [0.2, 0.25) is 0 Å². The van der Waals surface area contributed by atoms with Crippen LogP contribution in [0.1, 0.15) is 27.7 Å². The second-order valence-corrected chi connectivity index (χ2v) is 4.43. The molecule has 0 aromatic carbocycles. The lowest BCUT2D eigenvalue weighted by molar-refractivity contribution is -0.143. The van der Waals surface area contributed by atoms with Crippen LogP contribution in [-0.4, -0.2) is 47.7 Å². The molecule has 84 valence electrons. The average Bonchev–Trinajstić information content (AvgIpc) is 2.03. The fourth-order valence-corrected chi connectivity index (χ4v) is 0.879. The maximum atomic E-state index is 10.8. The van der Waals surface area contributed by atoms with E-state index in [9.17, 15) is 4.79 Å². The molecule has 0 saturated heterocycles. The van der Waals surface area contributed by atoms with Gasteiger partial charge < -0.3 is 15.3 Å². The van der Waals surface area contributed by atoms with E-state index in [0.29, 0.717) is 12.6 Å². The lowest BCUT2D eigenvalue weighted by Gasteiger charge is -2.25. The first kappa shape index (κ1) is 13.4. The summed E-state index contributed by atoms with van der Waals surface area (Å²) in [5.74, 6) is -0.815. The van der Waals surface area contributed by atoms with E-state index in [2.05, 4.69) is 24.1 Å². The van der Waals surface area contributed by atoms with Gasteiger partial charge in [-0.25, -0.2) is 0 Å². The van der Waals surface area contributed by atoms with Crippen molar-refractivity contribution in [2.75, 3.05) is 20.1 Å². The summed E-state index contributed by atoms with van der Waals surface area (Å²) in [6, 6.07) is 0.491. The van der Waals surface area contributed by atoms with Gasteiger partial charge in [-0.05, 0) is 34.7 Å². The van der Waals surface area contributed by atoms with E-state index < -0.39 is 11.5 Å². The molecule has 14 heavy (non-hydrogen) atoms. The van der Waals surface area contributed by atoms with Crippen molar-refractivity contribution in [2.24, 2.45) is 0 Å². The van der Waals surface area contributed by atoms with Gasteiger partial charge in [0.2, 0.25) is 0 Å². The minimum absolute atomic E-state index is 0.491. The summed E-state index contributed by atoms with van der Waals surface area (Å²) < 4.78 is 0. The summed E-state index contributed by atoms with van der Waals surface area (Å²) >= 11 is 0. The molecule has 4 heteroatoms. The summed E-state index contributed by atoms with van der Waals surface area (Å²) in [6.07, 6.45) is 0. The van der Waals surface area contributed by atoms with Crippen LogP contribution in [0.15, 0.2) is 0 Å². The van der Waals surface area contributed by atoms with Crippen molar-refractivity contribution >= 4 is 5.97 Å². The van der Waals surface area contributed by atoms with Crippen LogP contribution in [0.3, 0.4) is 0 Å². The summed E-state index contributed by atoms with van der Waals surface area (Å²) in [5, 5.41) is 11.8. The first-order valence-corrected chi connectivity index (χ1v) is 4.96. The van der Waals surface area contributed by atoms with Gasteiger partial charge in [0.1, 0.15) is 5.54 Å². The molecule has 0 aliphatic rings. The number of nitrogens with zero attached hydrogens (tertiary/aromatic N) is 1. The van der Waals surface area contributed by atoms with Crippen molar-refractivity contribution in [1.82, 2.24) is 10.2 Å². The highest BCUT2D eigenvalue weighted by Crippen LogP contribution is 2.01. The standard InChI is InChI=1S/C10H22N2O2/c1-8(2)12(5)7-6-11-10(3,4)9(13)14/h8,11H,6-7H2,1-5H3,(H,13,14). The van der Waals surface area contributed by atoms with Crippen molar-refractivity contribution in [3.63, 3.8) is 0 Å². The fraction of sp³-hybridized carbons (Fsp3) is 0.900. The number of carboxylic acids is 1. The van der Waals surface area contributed by atoms with E-state index in [0.717, 1.165) is 6.54 Å². The zero-order valence-corrected chi connectivity index (χ0v) is 9.79. The Labute approximate surface area is 86.3 Å². The minimum atomic E-state index is -0.835. The van der Waals surface area contributed by atoms with Gasteiger partial charge in [0.25, 0.3) is 0 Å². The maximum absolute atomic E-state index is 10.8. The zero-order chi connectivity index (χ0) is 11.4. The van der Waals surface area contributed by atoms with E-state index in [4.69, 9.17) is 5.11 Å². The van der Waals surface area contributed by atoms with Crippen LogP contribution in [0.25, 0.3) is 0 Å². The molecule has 0 spiro atoms. The zero-order valence-electron chi connectivity index (χ0n) is 9.79. The number of hydrogen-bond donors (Lipinski definition) is 2. The van der Waals surface area contributed by atoms with Crippen molar-refractivity contribution in [1.29, 1.82) is 0 Å². The Bertz CT molecular complexity index is 191. The smallest absolute Gasteiger partial charge is 0.323 e. The molecule has 2 N–H and O–H groups in total. The largest absolute Gasteiger partial charge is 0.480 e. The van der Waals surface area contributed by atoms with E-state index in [1.54, 1.807) is 13.8 Å². The third-order valence-corrected chi connectivity index (χ3v) is 2.45. The highest BCUT2D eigenvalue weighted by molar-refractivity contribution is 5.77. The molecule has 0 aliphatic heterocycles. The second-order valence-electron chi connectivity index (χ2n) is 4.43. The van der Waals surface area contributed by atoms with Crippen LogP contribution in [0, 0.1) is 0 Å². The first-order chi connectivity index (χ1) is 6.27. The van der Waals surface area contributed by atoms with Crippen LogP contribution < -0.4 is 5.32 Å². The van der Waals surface area contributed by atoms with Crippen molar-refractivity contribution < 1.29 is 9.90 Å². The second kappa shape index (κ2) is 5.32. The van der Waals surface area contributed by atoms with Gasteiger partial charge in [-0.3, -0.25) is 4.79 Å². The van der Waals surface area contributed by atoms with Crippen LogP contribution in [-0.2, 0) is 4.79 Å². The number of rotatable bonds is 6. The molecule has 0 heterocycles. The summed E-state index contributed by atoms with van der Waals surface area (Å²) in [7, 11) is 2.03. The van der Waals surface area contributed by atoms with Gasteiger partial charge in [-0.15, -0.1) is 0 Å². The van der Waals surface area contributed by atoms with Crippen molar-refractivity contribution in [2.45, 2.75) is 39.3 Å². The highest BCUT2D eigenvalue weighted by Gasteiger charge is 2.25. The predicted octanol–water partition coefficient (Wildman–Crippen LogP) is 0.779. The third kappa shape index (κ3) is 4.58. The Morgan fingerprint density at radius 3 is 2.36 bits per heavy atom. The Morgan fingerprint density at radius 1 is 1.50 bits per heavy atom. The SMILES string of the molecule is CC(C)N(C)CCNC(C)(C)C(=O)O. The first-order valence-electron chi connectivity index (χ1n) is 4.96. The van der Waals surface area contributed by atoms with Gasteiger partial charge >= 0.3 is 5.97 Å². The van der Waals surface area contributed by atoms with Crippen molar-refractivity contribution in [3.8, 4) is 0 Å². The van der Waals surface area contributed by atoms with Gasteiger partial charge in [-0.2, -0.15) is 0 Å². The third-order valence-electron chi connectivity index (χ3n) is 2.45. The fourth-order valence-electron chi connectivity index (χ4n) is 0.879. The molecule has 0 aromatic heterocycles. The Balaban J connectivity index is 3.79. The predicted molar refractivity (Wildman–Crippen MR) is 57.5 cm³/mol. The van der Waals surface area contributed by atoms with E-state index >= 15 is 0 Å². The van der Waals surface area contributed by atoms with Gasteiger partial charge in [0, 0.05) is 19.1 Å². The highest BCUT2D eigenvalue weighted by atomic mass is 16.4. The normalized spacial score (nSPS) is 12.5. The van der Waals surface area contributed by atoms with Gasteiger partial charge in [0.05, 0.1) is 0 Å². The summed E-state index contributed by atoms with van der Waals surface area (Å²) in [5.41, 5.74) is -0.835. The molecule has 0 aromatic rings. The number of aliphatic carboxylic acids is 1. The Hall–Kier alpha value is -0.610. The number of hydrogen-bond acceptors (Lipinski definition) is 3. The van der Waals surface area contributed by atoms with E-state index in [-0.39, 0.29) is 0 Å². The summed E-state index contributed by atoms with van der Waals surface area (Å²) in [4.78, 5) is 12.9. The molecule has 4 nitrogen and oxygen atoms in total. The molecular weight excluding hydrogens is 180 g/mol. The monoisotopic (exact) mass is 202 g/mol. The number of likely N-dealkylation sites (N-methyl/N-ethyl adjacent to an activating group) is 1. The molecule has 0 atom stereocenters. The average molecular weight is 202 g/mol. The van der Waals surface area contributed by atoms with Crippen LogP contribution in [0.5, 0.6) is 0 Å². The maximum Gasteiger partial charge on any atom is 0.323 e. The topological polar surface area (TPSA) is 52.6 Å². The molecule has 0 bridgehead atoms. The molecule has 0 radical (unpaired) electrons. The van der Waals surface area contributed by atoms with Gasteiger partial charge in [-0.1, -0.05) is 0 Å². The van der Waals surface area contributed by atoms with Crippen LogP contribution >= 0.6 is 0 Å². The Morgan fingerprint density at radius 2 is 2.00 bits per heavy atom. The molecule has 0 rings (SSSR count). The molecule has 0 fully saturated rings. The molecule has 0 amide bonds. The van der Waals surface area contributed by atoms with E-state index in [1.165, 1.54) is 0 Å². The lowest BCUT2D eigenvalue weighted by atomic mass is 10.1. The van der Waals surface area contributed by atoms with Gasteiger partial charge in [0.15, 0.2) is 0 Å². The molecule has 0 saturated carbocycles. The molecule has 0 unspecified atom stereocenters. The quantitative estimate of drug-likeness (QED) is 0.668. The van der Waals surface area contributed by atoms with Crippen LogP contribution in [0.4, 0.5) is 0 Å². The molecular formula is C10H22N2O2. The lowest BCUT2D eigenvalue weighted by Crippen LogP contribution is -2.49. The van der Waals surface area contributed by atoms with Crippen molar-refractivity contribution in [3.05, 3.63) is 0 Å². The number of carbonyl (C=O) groups is 1. The minimum Gasteiger partial charge on any atom is -0.480 e.